The minimum atomic E-state index is -0.828. The molecule has 0 fully saturated rings. The van der Waals surface area contributed by atoms with Gasteiger partial charge in [0, 0.05) is 13.7 Å². The van der Waals surface area contributed by atoms with Crippen molar-refractivity contribution in [2.24, 2.45) is 5.92 Å². The highest BCUT2D eigenvalue weighted by Crippen LogP contribution is 2.15. The molecule has 1 N–H and O–H groups in total. The van der Waals surface area contributed by atoms with Crippen LogP contribution in [0.2, 0.25) is 0 Å². The Bertz CT molecular complexity index is 391. The van der Waals surface area contributed by atoms with Crippen LogP contribution < -0.4 is 0 Å². The highest BCUT2D eigenvalue weighted by Gasteiger charge is 2.17. The van der Waals surface area contributed by atoms with E-state index in [0.29, 0.717) is 39.1 Å². The molecule has 0 aromatic heterocycles. The molecule has 1 unspecified atom stereocenters. The molecule has 0 bridgehead atoms. The number of halogens is 1. The number of carbonyl (C=O) groups is 1. The number of hydrogen-bond donors (Lipinski definition) is 1. The lowest BCUT2D eigenvalue weighted by molar-refractivity contribution is -0.142. The first-order valence-corrected chi connectivity index (χ1v) is 6.67. The van der Waals surface area contributed by atoms with Gasteiger partial charge >= 0.3 is 5.97 Å². The predicted octanol–water partition coefficient (Wildman–Crippen LogP) is 2.51. The van der Waals surface area contributed by atoms with Crippen molar-refractivity contribution in [2.45, 2.75) is 19.3 Å². The highest BCUT2D eigenvalue weighted by atomic mass is 19.1. The van der Waals surface area contributed by atoms with Crippen LogP contribution in [0.3, 0.4) is 0 Å². The Hall–Kier alpha value is -1.46. The molecule has 1 aromatic carbocycles. The second-order valence-corrected chi connectivity index (χ2v) is 4.61. The number of carboxylic acid groups (broad SMARTS) is 1. The number of carboxylic acids is 1. The van der Waals surface area contributed by atoms with Gasteiger partial charge in [-0.3, -0.25) is 4.79 Å². The fourth-order valence-electron chi connectivity index (χ4n) is 1.89. The highest BCUT2D eigenvalue weighted by molar-refractivity contribution is 5.70. The van der Waals surface area contributed by atoms with Gasteiger partial charge in [0.2, 0.25) is 0 Å². The van der Waals surface area contributed by atoms with E-state index in [9.17, 15) is 14.3 Å². The van der Waals surface area contributed by atoms with E-state index in [0.717, 1.165) is 5.56 Å². The largest absolute Gasteiger partial charge is 0.481 e. The van der Waals surface area contributed by atoms with Crippen molar-refractivity contribution in [3.8, 4) is 0 Å². The van der Waals surface area contributed by atoms with Crippen LogP contribution in [0.15, 0.2) is 24.3 Å². The molecule has 112 valence electrons. The lowest BCUT2D eigenvalue weighted by Crippen LogP contribution is -2.17. The monoisotopic (exact) mass is 284 g/mol. The summed E-state index contributed by atoms with van der Waals surface area (Å²) in [6, 6.07) is 5.95. The lowest BCUT2D eigenvalue weighted by Gasteiger charge is -2.12. The molecule has 1 atom stereocenters. The summed E-state index contributed by atoms with van der Waals surface area (Å²) in [4.78, 5) is 11.2. The molecule has 0 aliphatic heterocycles. The maximum absolute atomic E-state index is 12.8. The van der Waals surface area contributed by atoms with Crippen LogP contribution in [0.4, 0.5) is 4.39 Å². The van der Waals surface area contributed by atoms with Gasteiger partial charge in [-0.05, 0) is 37.0 Å². The van der Waals surface area contributed by atoms with Gasteiger partial charge in [0.25, 0.3) is 0 Å². The third-order valence-electron chi connectivity index (χ3n) is 3.02. The van der Waals surface area contributed by atoms with Crippen LogP contribution in [0.5, 0.6) is 0 Å². The van der Waals surface area contributed by atoms with E-state index in [4.69, 9.17) is 9.47 Å². The summed E-state index contributed by atoms with van der Waals surface area (Å²) in [7, 11) is 1.60. The second-order valence-electron chi connectivity index (χ2n) is 4.61. The first kappa shape index (κ1) is 16.6. The normalized spacial score (nSPS) is 12.3. The smallest absolute Gasteiger partial charge is 0.306 e. The van der Waals surface area contributed by atoms with Crippen molar-refractivity contribution in [3.63, 3.8) is 0 Å². The van der Waals surface area contributed by atoms with Crippen molar-refractivity contribution >= 4 is 5.97 Å². The van der Waals surface area contributed by atoms with Crippen molar-refractivity contribution < 1.29 is 23.8 Å². The first-order chi connectivity index (χ1) is 9.63. The van der Waals surface area contributed by atoms with E-state index in [1.807, 2.05) is 0 Å². The van der Waals surface area contributed by atoms with Gasteiger partial charge in [-0.2, -0.15) is 0 Å². The molecule has 0 saturated carbocycles. The molecule has 20 heavy (non-hydrogen) atoms. The van der Waals surface area contributed by atoms with Crippen LogP contribution in [0.25, 0.3) is 0 Å². The zero-order valence-electron chi connectivity index (χ0n) is 11.7. The Labute approximate surface area is 118 Å². The van der Waals surface area contributed by atoms with E-state index in [-0.39, 0.29) is 5.82 Å². The lowest BCUT2D eigenvalue weighted by atomic mass is 9.95. The van der Waals surface area contributed by atoms with E-state index in [1.165, 1.54) is 12.1 Å². The Balaban J connectivity index is 2.33. The molecule has 0 aliphatic carbocycles. The number of methoxy groups -OCH3 is 1. The summed E-state index contributed by atoms with van der Waals surface area (Å²) >= 11 is 0. The van der Waals surface area contributed by atoms with Crippen molar-refractivity contribution in [1.82, 2.24) is 0 Å². The molecule has 1 rings (SSSR count). The second kappa shape index (κ2) is 9.44. The first-order valence-electron chi connectivity index (χ1n) is 6.67. The Morgan fingerprint density at radius 3 is 2.55 bits per heavy atom. The van der Waals surface area contributed by atoms with Gasteiger partial charge in [0.05, 0.1) is 19.1 Å². The van der Waals surface area contributed by atoms with E-state index >= 15 is 0 Å². The average molecular weight is 284 g/mol. The SMILES string of the molecule is COCCOCCCC(Cc1ccc(F)cc1)C(=O)O. The van der Waals surface area contributed by atoms with Crippen molar-refractivity contribution in [1.29, 1.82) is 0 Å². The zero-order chi connectivity index (χ0) is 14.8. The summed E-state index contributed by atoms with van der Waals surface area (Å²) in [5.74, 6) is -1.61. The Kier molecular flexibility index (Phi) is 7.84. The topological polar surface area (TPSA) is 55.8 Å². The number of benzene rings is 1. The van der Waals surface area contributed by atoms with Crippen LogP contribution in [0.1, 0.15) is 18.4 Å². The van der Waals surface area contributed by atoms with Gasteiger partial charge < -0.3 is 14.6 Å². The molecular formula is C15H21FO4. The van der Waals surface area contributed by atoms with Gasteiger partial charge in [-0.1, -0.05) is 12.1 Å². The molecule has 0 heterocycles. The maximum Gasteiger partial charge on any atom is 0.306 e. The maximum atomic E-state index is 12.8. The molecule has 1 aromatic rings. The Morgan fingerprint density at radius 2 is 1.95 bits per heavy atom. The molecule has 4 nitrogen and oxygen atoms in total. The predicted molar refractivity (Wildman–Crippen MR) is 73.2 cm³/mol. The van der Waals surface area contributed by atoms with Gasteiger partial charge in [0.15, 0.2) is 0 Å². The van der Waals surface area contributed by atoms with Gasteiger partial charge in [-0.15, -0.1) is 0 Å². The summed E-state index contributed by atoms with van der Waals surface area (Å²) in [6.07, 6.45) is 1.63. The van der Waals surface area contributed by atoms with Crippen molar-refractivity contribution in [3.05, 3.63) is 35.6 Å². The van der Waals surface area contributed by atoms with E-state index < -0.39 is 11.9 Å². The number of ether oxygens (including phenoxy) is 2. The van der Waals surface area contributed by atoms with E-state index in [2.05, 4.69) is 0 Å². The van der Waals surface area contributed by atoms with Crippen molar-refractivity contribution in [2.75, 3.05) is 26.9 Å². The summed E-state index contributed by atoms with van der Waals surface area (Å²) in [5.41, 5.74) is 0.833. The molecule has 0 saturated heterocycles. The van der Waals surface area contributed by atoms with Crippen LogP contribution >= 0.6 is 0 Å². The zero-order valence-corrected chi connectivity index (χ0v) is 11.7. The molecule has 5 heteroatoms. The standard InChI is InChI=1S/C15H21FO4/c1-19-9-10-20-8-2-3-13(15(17)18)11-12-4-6-14(16)7-5-12/h4-7,13H,2-3,8-11H2,1H3,(H,17,18). The van der Waals surface area contributed by atoms with Gasteiger partial charge in [-0.25, -0.2) is 4.39 Å². The fraction of sp³-hybridized carbons (Fsp3) is 0.533. The van der Waals surface area contributed by atoms with Gasteiger partial charge in [0.1, 0.15) is 5.82 Å². The third kappa shape index (κ3) is 6.63. The number of rotatable bonds is 10. The molecule has 0 radical (unpaired) electrons. The van der Waals surface area contributed by atoms with E-state index in [1.54, 1.807) is 19.2 Å². The molecular weight excluding hydrogens is 263 g/mol. The van der Waals surface area contributed by atoms with Crippen LogP contribution in [0, 0.1) is 11.7 Å². The Morgan fingerprint density at radius 1 is 1.25 bits per heavy atom. The summed E-state index contributed by atoms with van der Waals surface area (Å²) < 4.78 is 22.9. The molecule has 0 amide bonds. The summed E-state index contributed by atoms with van der Waals surface area (Å²) in [6.45, 7) is 1.58. The molecule has 0 aliphatic rings. The van der Waals surface area contributed by atoms with Crippen LogP contribution in [-0.4, -0.2) is 38.0 Å². The minimum Gasteiger partial charge on any atom is -0.481 e. The third-order valence-corrected chi connectivity index (χ3v) is 3.02. The number of aliphatic carboxylic acids is 1. The number of hydrogen-bond acceptors (Lipinski definition) is 3. The quantitative estimate of drug-likeness (QED) is 0.671. The average Bonchev–Trinajstić information content (AvgIpc) is 2.43. The van der Waals surface area contributed by atoms with Crippen LogP contribution in [-0.2, 0) is 20.7 Å². The molecule has 0 spiro atoms. The summed E-state index contributed by atoms with van der Waals surface area (Å²) in [5, 5.41) is 9.20. The minimum absolute atomic E-state index is 0.313. The fourth-order valence-corrected chi connectivity index (χ4v) is 1.89.